The van der Waals surface area contributed by atoms with Crippen LogP contribution in [0.4, 0.5) is 0 Å². The third-order valence-corrected chi connectivity index (χ3v) is 6.82. The van der Waals surface area contributed by atoms with Crippen molar-refractivity contribution in [3.05, 3.63) is 29.3 Å². The van der Waals surface area contributed by atoms with Gasteiger partial charge in [-0.2, -0.15) is 0 Å². The number of ether oxygens (including phenoxy) is 5. The Morgan fingerprint density at radius 1 is 0.844 bits per heavy atom. The second kappa shape index (κ2) is 12.3. The molecule has 2 rings (SSSR count). The van der Waals surface area contributed by atoms with Crippen LogP contribution in [0.25, 0.3) is 0 Å². The van der Waals surface area contributed by atoms with E-state index in [1.807, 2.05) is 0 Å². The molecule has 5 atom stereocenters. The van der Waals surface area contributed by atoms with E-state index < -0.39 is 53.7 Å². The molecule has 0 radical (unpaired) electrons. The van der Waals surface area contributed by atoms with Crippen LogP contribution in [0.2, 0.25) is 5.02 Å². The highest BCUT2D eigenvalue weighted by Crippen LogP contribution is 2.42. The van der Waals surface area contributed by atoms with Crippen LogP contribution in [-0.2, 0) is 42.9 Å². The van der Waals surface area contributed by atoms with Crippen molar-refractivity contribution in [1.29, 1.82) is 0 Å². The largest absolute Gasteiger partial charge is 0.463 e. The maximum atomic E-state index is 11.8. The summed E-state index contributed by atoms with van der Waals surface area (Å²) in [6.45, 7) is 4.51. The molecule has 1 aliphatic rings. The van der Waals surface area contributed by atoms with E-state index in [0.717, 1.165) is 4.90 Å². The van der Waals surface area contributed by atoms with Crippen molar-refractivity contribution in [3.63, 3.8) is 0 Å². The summed E-state index contributed by atoms with van der Waals surface area (Å²) in [5, 5.41) is 0.576. The van der Waals surface area contributed by atoms with E-state index in [2.05, 4.69) is 0 Å². The summed E-state index contributed by atoms with van der Waals surface area (Å²) in [6, 6.07) is 7.03. The highest BCUT2D eigenvalue weighted by atomic mass is 35.5. The molecule has 0 amide bonds. The average Bonchev–Trinajstić information content (AvgIpc) is 2.69. The lowest BCUT2D eigenvalue weighted by molar-refractivity contribution is -0.237. The lowest BCUT2D eigenvalue weighted by Crippen LogP contribution is -2.61. The van der Waals surface area contributed by atoms with E-state index in [9.17, 15) is 19.2 Å². The SMILES string of the molecule is CC(=O)OCC1O[C@@H](SSc2ccc(Cl)cc2)C(OC(C)=O)C(OC(C)=O)[C@H]1OC(C)=O. The second-order valence-electron chi connectivity index (χ2n) is 6.70. The van der Waals surface area contributed by atoms with Gasteiger partial charge in [-0.1, -0.05) is 33.2 Å². The van der Waals surface area contributed by atoms with Crippen LogP contribution in [0.5, 0.6) is 0 Å². The Labute approximate surface area is 198 Å². The predicted molar refractivity (Wildman–Crippen MR) is 117 cm³/mol. The summed E-state index contributed by atoms with van der Waals surface area (Å²) in [4.78, 5) is 47.5. The maximum absolute atomic E-state index is 11.8. The number of hydrogen-bond acceptors (Lipinski definition) is 11. The standard InChI is InChI=1S/C20H23ClO9S2/c1-10(22)26-9-16-17(27-11(2)23)18(28-12(3)24)19(29-13(4)25)20(30-16)32-31-15-7-5-14(21)6-8-15/h5-8,16-20H,9H2,1-4H3/t16?,17-,18?,19?,20-/m0/s1. The van der Waals surface area contributed by atoms with Gasteiger partial charge in [0.25, 0.3) is 0 Å². The zero-order valence-electron chi connectivity index (χ0n) is 17.8. The van der Waals surface area contributed by atoms with Gasteiger partial charge in [-0.25, -0.2) is 0 Å². The first-order valence-electron chi connectivity index (χ1n) is 9.46. The Balaban J connectivity index is 2.35. The topological polar surface area (TPSA) is 114 Å². The van der Waals surface area contributed by atoms with Gasteiger partial charge in [0, 0.05) is 37.6 Å². The minimum Gasteiger partial charge on any atom is -0.463 e. The molecule has 0 bridgehead atoms. The molecular weight excluding hydrogens is 484 g/mol. The van der Waals surface area contributed by atoms with E-state index in [0.29, 0.717) is 5.02 Å². The van der Waals surface area contributed by atoms with E-state index >= 15 is 0 Å². The summed E-state index contributed by atoms with van der Waals surface area (Å²) < 4.78 is 27.2. The van der Waals surface area contributed by atoms with Crippen molar-refractivity contribution < 1.29 is 42.9 Å². The Morgan fingerprint density at radius 2 is 1.38 bits per heavy atom. The van der Waals surface area contributed by atoms with Gasteiger partial charge >= 0.3 is 23.9 Å². The Bertz CT molecular complexity index is 833. The van der Waals surface area contributed by atoms with Gasteiger partial charge in [0.15, 0.2) is 23.7 Å². The fourth-order valence-corrected chi connectivity index (χ4v) is 5.36. The molecule has 0 aliphatic carbocycles. The van der Waals surface area contributed by atoms with Crippen LogP contribution in [0, 0.1) is 0 Å². The summed E-state index contributed by atoms with van der Waals surface area (Å²) in [6.07, 6.45) is -4.42. The molecule has 1 saturated heterocycles. The zero-order chi connectivity index (χ0) is 23.8. The van der Waals surface area contributed by atoms with Crippen LogP contribution in [-0.4, -0.2) is 60.3 Å². The molecule has 1 fully saturated rings. The van der Waals surface area contributed by atoms with Gasteiger partial charge < -0.3 is 23.7 Å². The first-order chi connectivity index (χ1) is 15.1. The number of hydrogen-bond donors (Lipinski definition) is 0. The minimum atomic E-state index is -1.18. The number of benzene rings is 1. The lowest BCUT2D eigenvalue weighted by atomic mass is 9.99. The van der Waals surface area contributed by atoms with Gasteiger partial charge in [-0.3, -0.25) is 19.2 Å². The Kier molecular flexibility index (Phi) is 10.1. The third-order valence-electron chi connectivity index (χ3n) is 4.00. The molecule has 0 spiro atoms. The monoisotopic (exact) mass is 506 g/mol. The highest BCUT2D eigenvalue weighted by molar-refractivity contribution is 8.76. The third kappa shape index (κ3) is 8.19. The molecular formula is C20H23ClO9S2. The van der Waals surface area contributed by atoms with Crippen LogP contribution in [0.3, 0.4) is 0 Å². The zero-order valence-corrected chi connectivity index (χ0v) is 20.2. The highest BCUT2D eigenvalue weighted by Gasteiger charge is 2.52. The summed E-state index contributed by atoms with van der Waals surface area (Å²) >= 11 is 5.92. The molecule has 0 aromatic heterocycles. The summed E-state index contributed by atoms with van der Waals surface area (Å²) in [5.74, 6) is -2.56. The Morgan fingerprint density at radius 3 is 1.91 bits per heavy atom. The normalized spacial score (nSPS) is 24.8. The number of carbonyl (C=O) groups excluding carboxylic acids is 4. The molecule has 176 valence electrons. The van der Waals surface area contributed by atoms with Gasteiger partial charge in [0.1, 0.15) is 12.7 Å². The lowest BCUT2D eigenvalue weighted by Gasteiger charge is -2.43. The van der Waals surface area contributed by atoms with E-state index in [1.54, 1.807) is 24.3 Å². The van der Waals surface area contributed by atoms with Crippen molar-refractivity contribution in [1.82, 2.24) is 0 Å². The molecule has 3 unspecified atom stereocenters. The number of esters is 4. The van der Waals surface area contributed by atoms with E-state index in [1.165, 1.54) is 49.3 Å². The Hall–Kier alpha value is -1.95. The predicted octanol–water partition coefficient (Wildman–Crippen LogP) is 3.16. The number of halogens is 1. The first kappa shape index (κ1) is 26.3. The van der Waals surface area contributed by atoms with Crippen molar-refractivity contribution >= 4 is 57.1 Å². The van der Waals surface area contributed by atoms with E-state index in [4.69, 9.17) is 35.3 Å². The quantitative estimate of drug-likeness (QED) is 0.294. The summed E-state index contributed by atoms with van der Waals surface area (Å²) in [7, 11) is 2.51. The van der Waals surface area contributed by atoms with Gasteiger partial charge in [0.05, 0.1) is 0 Å². The smallest absolute Gasteiger partial charge is 0.303 e. The van der Waals surface area contributed by atoms with Crippen molar-refractivity contribution in [3.8, 4) is 0 Å². The van der Waals surface area contributed by atoms with Gasteiger partial charge in [-0.05, 0) is 24.3 Å². The first-order valence-corrected chi connectivity index (χ1v) is 12.0. The molecule has 1 aliphatic heterocycles. The van der Waals surface area contributed by atoms with Crippen molar-refractivity contribution in [2.45, 2.75) is 62.4 Å². The van der Waals surface area contributed by atoms with Crippen LogP contribution < -0.4 is 0 Å². The second-order valence-corrected chi connectivity index (χ2v) is 9.51. The van der Waals surface area contributed by atoms with Crippen LogP contribution >= 0.6 is 33.2 Å². The number of rotatable bonds is 8. The molecule has 9 nitrogen and oxygen atoms in total. The molecule has 32 heavy (non-hydrogen) atoms. The molecule has 12 heteroatoms. The van der Waals surface area contributed by atoms with E-state index in [-0.39, 0.29) is 6.61 Å². The van der Waals surface area contributed by atoms with Crippen molar-refractivity contribution in [2.24, 2.45) is 0 Å². The average molecular weight is 507 g/mol. The minimum absolute atomic E-state index is 0.263. The molecule has 0 saturated carbocycles. The van der Waals surface area contributed by atoms with Crippen molar-refractivity contribution in [2.75, 3.05) is 6.61 Å². The fraction of sp³-hybridized carbons (Fsp3) is 0.500. The van der Waals surface area contributed by atoms with Crippen LogP contribution in [0.1, 0.15) is 27.7 Å². The van der Waals surface area contributed by atoms with Gasteiger partial charge in [0.2, 0.25) is 0 Å². The molecule has 1 aromatic carbocycles. The van der Waals surface area contributed by atoms with Gasteiger partial charge in [-0.15, -0.1) is 0 Å². The molecule has 0 N–H and O–H groups in total. The molecule has 1 heterocycles. The van der Waals surface area contributed by atoms with Crippen LogP contribution in [0.15, 0.2) is 29.2 Å². The number of carbonyl (C=O) groups is 4. The maximum Gasteiger partial charge on any atom is 0.303 e. The molecule has 1 aromatic rings. The summed E-state index contributed by atoms with van der Waals surface area (Å²) in [5.41, 5.74) is -0.851. The fourth-order valence-electron chi connectivity index (χ4n) is 2.86.